The summed E-state index contributed by atoms with van der Waals surface area (Å²) in [4.78, 5) is 11.8. The van der Waals surface area contributed by atoms with Crippen LogP contribution >= 0.6 is 22.9 Å². The molecule has 4 heteroatoms. The van der Waals surface area contributed by atoms with Crippen molar-refractivity contribution in [3.05, 3.63) is 35.9 Å². The van der Waals surface area contributed by atoms with Crippen LogP contribution < -0.4 is 5.32 Å². The third kappa shape index (κ3) is 4.27. The van der Waals surface area contributed by atoms with Crippen LogP contribution in [-0.4, -0.2) is 28.2 Å². The first kappa shape index (κ1) is 12.8. The van der Waals surface area contributed by atoms with Gasteiger partial charge >= 0.3 is 0 Å². The summed E-state index contributed by atoms with van der Waals surface area (Å²) in [6.07, 6.45) is 2.61. The molecule has 0 bridgehead atoms. The van der Waals surface area contributed by atoms with E-state index in [1.807, 2.05) is 30.3 Å². The Morgan fingerprint density at radius 1 is 1.29 bits per heavy atom. The third-order valence-electron chi connectivity index (χ3n) is 3.01. The number of hydrogen-bond acceptors (Lipinski definition) is 2. The van der Waals surface area contributed by atoms with Crippen LogP contribution in [0.4, 0.5) is 0 Å². The van der Waals surface area contributed by atoms with Gasteiger partial charge in [0.15, 0.2) is 0 Å². The molecule has 1 amide bonds. The topological polar surface area (TPSA) is 32.3 Å². The normalized spacial score (nSPS) is 17.9. The van der Waals surface area contributed by atoms with Gasteiger partial charge in [-0.25, -0.2) is 3.11 Å². The Morgan fingerprint density at radius 2 is 1.94 bits per heavy atom. The highest BCUT2D eigenvalue weighted by atomic mass is 127. The van der Waals surface area contributed by atoms with Crippen LogP contribution in [0.25, 0.3) is 0 Å². The molecule has 1 heterocycles. The van der Waals surface area contributed by atoms with Crippen LogP contribution in [-0.2, 0) is 11.2 Å². The first-order valence-electron chi connectivity index (χ1n) is 5.98. The number of nitrogens with zero attached hydrogens (tertiary/aromatic N) is 1. The number of carbonyl (C=O) groups is 1. The van der Waals surface area contributed by atoms with Gasteiger partial charge in [-0.15, -0.1) is 0 Å². The van der Waals surface area contributed by atoms with E-state index in [9.17, 15) is 4.79 Å². The maximum atomic E-state index is 11.8. The molecular formula is C13H17IN2O. The zero-order valence-electron chi connectivity index (χ0n) is 9.73. The molecule has 0 aromatic heterocycles. The Morgan fingerprint density at radius 3 is 2.59 bits per heavy atom. The van der Waals surface area contributed by atoms with E-state index in [1.165, 1.54) is 0 Å². The van der Waals surface area contributed by atoms with Gasteiger partial charge in [-0.05, 0) is 18.4 Å². The molecule has 2 rings (SSSR count). The predicted molar refractivity (Wildman–Crippen MR) is 76.9 cm³/mol. The number of halogens is 1. The summed E-state index contributed by atoms with van der Waals surface area (Å²) in [5, 5.41) is 3.12. The van der Waals surface area contributed by atoms with Crippen LogP contribution in [0.1, 0.15) is 18.4 Å². The second-order valence-electron chi connectivity index (χ2n) is 4.41. The minimum absolute atomic E-state index is 0.142. The molecule has 0 spiro atoms. The summed E-state index contributed by atoms with van der Waals surface area (Å²) in [6.45, 7) is 2.13. The first-order valence-corrected chi connectivity index (χ1v) is 6.94. The quantitative estimate of drug-likeness (QED) is 0.673. The number of piperidine rings is 1. The Kier molecular flexibility index (Phi) is 4.79. The molecule has 1 aliphatic rings. The van der Waals surface area contributed by atoms with Gasteiger partial charge in [-0.3, -0.25) is 4.79 Å². The van der Waals surface area contributed by atoms with Gasteiger partial charge in [0.25, 0.3) is 0 Å². The van der Waals surface area contributed by atoms with E-state index in [0.717, 1.165) is 31.5 Å². The van der Waals surface area contributed by atoms with E-state index in [1.54, 1.807) is 0 Å². The van der Waals surface area contributed by atoms with Crippen molar-refractivity contribution < 1.29 is 4.79 Å². The minimum atomic E-state index is 0.142. The van der Waals surface area contributed by atoms with Crippen molar-refractivity contribution in [1.82, 2.24) is 8.43 Å². The van der Waals surface area contributed by atoms with Gasteiger partial charge < -0.3 is 5.32 Å². The van der Waals surface area contributed by atoms with Gasteiger partial charge in [0.1, 0.15) is 0 Å². The van der Waals surface area contributed by atoms with Crippen molar-refractivity contribution in [1.29, 1.82) is 0 Å². The number of nitrogens with one attached hydrogen (secondary N) is 1. The Hall–Kier alpha value is -0.620. The number of carbonyl (C=O) groups excluding carboxylic acids is 1. The lowest BCUT2D eigenvalue weighted by Gasteiger charge is -2.28. The fraction of sp³-hybridized carbons (Fsp3) is 0.462. The van der Waals surface area contributed by atoms with Crippen molar-refractivity contribution in [3.8, 4) is 0 Å². The van der Waals surface area contributed by atoms with E-state index in [4.69, 9.17) is 0 Å². The molecule has 1 saturated heterocycles. The van der Waals surface area contributed by atoms with Crippen molar-refractivity contribution in [2.24, 2.45) is 0 Å². The molecule has 0 aliphatic carbocycles. The van der Waals surface area contributed by atoms with Gasteiger partial charge in [-0.2, -0.15) is 0 Å². The smallest absolute Gasteiger partial charge is 0.224 e. The molecule has 0 unspecified atom stereocenters. The second-order valence-corrected chi connectivity index (χ2v) is 5.78. The predicted octanol–water partition coefficient (Wildman–Crippen LogP) is 2.16. The summed E-state index contributed by atoms with van der Waals surface area (Å²) in [6, 6.07) is 10.3. The molecule has 1 fully saturated rings. The fourth-order valence-electron chi connectivity index (χ4n) is 2.05. The number of hydrogen-bond donors (Lipinski definition) is 1. The Balaban J connectivity index is 1.78. The van der Waals surface area contributed by atoms with E-state index in [0.29, 0.717) is 12.5 Å². The molecule has 1 aliphatic heterocycles. The Bertz CT molecular complexity index is 361. The molecule has 1 aromatic carbocycles. The van der Waals surface area contributed by atoms with E-state index in [-0.39, 0.29) is 5.91 Å². The number of rotatable bonds is 3. The summed E-state index contributed by atoms with van der Waals surface area (Å²) in [5.41, 5.74) is 1.08. The van der Waals surface area contributed by atoms with Crippen molar-refractivity contribution >= 4 is 28.8 Å². The van der Waals surface area contributed by atoms with E-state index in [2.05, 4.69) is 31.3 Å². The zero-order valence-corrected chi connectivity index (χ0v) is 11.9. The highest BCUT2D eigenvalue weighted by molar-refractivity contribution is 14.1. The molecular weight excluding hydrogens is 327 g/mol. The SMILES string of the molecule is O=C(Cc1ccccc1)NC1CCN(I)CC1. The lowest BCUT2D eigenvalue weighted by Crippen LogP contribution is -2.42. The molecule has 0 saturated carbocycles. The molecule has 3 nitrogen and oxygen atoms in total. The standard InChI is InChI=1S/C13H17IN2O/c14-16-8-6-12(7-9-16)15-13(17)10-11-4-2-1-3-5-11/h1-5,12H,6-10H2,(H,15,17). The van der Waals surface area contributed by atoms with E-state index >= 15 is 0 Å². The summed E-state index contributed by atoms with van der Waals surface area (Å²) >= 11 is 2.34. The second kappa shape index (κ2) is 6.35. The van der Waals surface area contributed by atoms with Crippen LogP contribution in [0.15, 0.2) is 30.3 Å². The van der Waals surface area contributed by atoms with Gasteiger partial charge in [0.05, 0.1) is 6.42 Å². The Labute approximate surface area is 116 Å². The lowest BCUT2D eigenvalue weighted by molar-refractivity contribution is -0.121. The minimum Gasteiger partial charge on any atom is -0.353 e. The average molecular weight is 344 g/mol. The summed E-state index contributed by atoms with van der Waals surface area (Å²) < 4.78 is 2.28. The molecule has 1 aromatic rings. The highest BCUT2D eigenvalue weighted by Gasteiger charge is 2.18. The zero-order chi connectivity index (χ0) is 12.1. The van der Waals surface area contributed by atoms with Crippen LogP contribution in [0.5, 0.6) is 0 Å². The van der Waals surface area contributed by atoms with Gasteiger partial charge in [0.2, 0.25) is 5.91 Å². The average Bonchev–Trinajstić information content (AvgIpc) is 2.33. The molecule has 0 atom stereocenters. The van der Waals surface area contributed by atoms with Crippen LogP contribution in [0.2, 0.25) is 0 Å². The summed E-state index contributed by atoms with van der Waals surface area (Å²) in [7, 11) is 0. The molecule has 17 heavy (non-hydrogen) atoms. The van der Waals surface area contributed by atoms with E-state index < -0.39 is 0 Å². The molecule has 1 N–H and O–H groups in total. The summed E-state index contributed by atoms with van der Waals surface area (Å²) in [5.74, 6) is 0.142. The third-order valence-corrected chi connectivity index (χ3v) is 3.98. The fourth-order valence-corrected chi connectivity index (χ4v) is 2.61. The molecule has 92 valence electrons. The van der Waals surface area contributed by atoms with Crippen molar-refractivity contribution in [2.45, 2.75) is 25.3 Å². The van der Waals surface area contributed by atoms with Crippen LogP contribution in [0.3, 0.4) is 0 Å². The maximum absolute atomic E-state index is 11.8. The monoisotopic (exact) mass is 344 g/mol. The highest BCUT2D eigenvalue weighted by Crippen LogP contribution is 2.13. The number of benzene rings is 1. The van der Waals surface area contributed by atoms with Crippen molar-refractivity contribution in [2.75, 3.05) is 13.1 Å². The first-order chi connectivity index (χ1) is 8.24. The largest absolute Gasteiger partial charge is 0.353 e. The lowest BCUT2D eigenvalue weighted by atomic mass is 10.1. The van der Waals surface area contributed by atoms with Gasteiger partial charge in [0, 0.05) is 42.0 Å². The van der Waals surface area contributed by atoms with Crippen LogP contribution in [0, 0.1) is 0 Å². The van der Waals surface area contributed by atoms with Crippen molar-refractivity contribution in [3.63, 3.8) is 0 Å². The molecule has 0 radical (unpaired) electrons. The maximum Gasteiger partial charge on any atom is 0.224 e. The van der Waals surface area contributed by atoms with Gasteiger partial charge in [-0.1, -0.05) is 30.3 Å². The number of amides is 1.